The molecule has 1 saturated carbocycles. The first kappa shape index (κ1) is 59.2. The molecule has 0 saturated heterocycles. The van der Waals surface area contributed by atoms with Crippen LogP contribution in [0.4, 0.5) is 32.2 Å². The van der Waals surface area contributed by atoms with E-state index < -0.39 is 0 Å². The summed E-state index contributed by atoms with van der Waals surface area (Å²) in [5.74, 6) is 2.51. The van der Waals surface area contributed by atoms with Crippen molar-refractivity contribution in [3.8, 4) is 56.2 Å². The van der Waals surface area contributed by atoms with Gasteiger partial charge in [-0.2, -0.15) is 15.2 Å². The van der Waals surface area contributed by atoms with Crippen molar-refractivity contribution in [1.82, 2.24) is 89.7 Å². The summed E-state index contributed by atoms with van der Waals surface area (Å²) in [6.07, 6.45) is 16.5. The molecule has 1 aliphatic rings. The van der Waals surface area contributed by atoms with Crippen LogP contribution in [0.1, 0.15) is 39.4 Å². The molecule has 28 heteroatoms. The Labute approximate surface area is 506 Å². The fourth-order valence-electron chi connectivity index (χ4n) is 9.68. The molecule has 0 atom stereocenters. The van der Waals surface area contributed by atoms with E-state index in [9.17, 15) is 24.0 Å². The second-order valence-electron chi connectivity index (χ2n) is 20.5. The average Bonchev–Trinajstić information content (AvgIpc) is 3.43. The van der Waals surface area contributed by atoms with E-state index in [0.717, 1.165) is 62.3 Å². The fourth-order valence-corrected chi connectivity index (χ4v) is 9.68. The number of carbonyl (C=O) groups excluding carboxylic acids is 3. The van der Waals surface area contributed by atoms with E-state index in [4.69, 9.17) is 9.26 Å². The van der Waals surface area contributed by atoms with E-state index in [1.165, 1.54) is 12.8 Å². The van der Waals surface area contributed by atoms with Crippen molar-refractivity contribution in [2.45, 2.75) is 53.6 Å². The van der Waals surface area contributed by atoms with Gasteiger partial charge in [0.1, 0.15) is 16.6 Å². The number of urea groups is 3. The first-order valence-electron chi connectivity index (χ1n) is 28.7. The van der Waals surface area contributed by atoms with Gasteiger partial charge in [-0.05, 0) is 141 Å². The number of hydrogen-bond donors (Lipinski definition) is 9. The van der Waals surface area contributed by atoms with Gasteiger partial charge in [0.25, 0.3) is 17.0 Å². The molecular weight excluding hydrogens is 1140 g/mol. The Bertz CT molecular complexity index is 4580. The monoisotopic (exact) mass is 1200 g/mol. The number of H-pyrrole nitrogens is 3. The Balaban J connectivity index is 0.000000138. The van der Waals surface area contributed by atoms with Crippen LogP contribution in [-0.4, -0.2) is 125 Å². The Morgan fingerprint density at radius 2 is 1.09 bits per heavy atom. The summed E-state index contributed by atoms with van der Waals surface area (Å²) in [6, 6.07) is 25.1. The lowest BCUT2D eigenvalue weighted by Crippen LogP contribution is -2.28. The molecule has 0 aliphatic heterocycles. The number of aromatic nitrogens is 15. The number of fused-ring (bicyclic) bond motifs is 3. The molecule has 28 nitrogen and oxygen atoms in total. The molecule has 3 aromatic carbocycles. The maximum absolute atomic E-state index is 12.6. The highest BCUT2D eigenvalue weighted by atomic mass is 16.5. The number of benzene rings is 3. The number of aromatic amines is 3. The van der Waals surface area contributed by atoms with Gasteiger partial charge in [-0.15, -0.1) is 0 Å². The molecule has 89 heavy (non-hydrogen) atoms. The van der Waals surface area contributed by atoms with Crippen molar-refractivity contribution in [3.05, 3.63) is 161 Å². The molecule has 9 N–H and O–H groups in total. The predicted octanol–water partition coefficient (Wildman–Crippen LogP) is 8.62. The summed E-state index contributed by atoms with van der Waals surface area (Å²) in [5.41, 5.74) is 11.3. The number of carbonyl (C=O) groups is 3. The fraction of sp³-hybridized carbons (Fsp3) is 0.230. The normalized spacial score (nSPS) is 11.8. The van der Waals surface area contributed by atoms with Gasteiger partial charge >= 0.3 is 18.1 Å². The van der Waals surface area contributed by atoms with Gasteiger partial charge in [0, 0.05) is 107 Å². The van der Waals surface area contributed by atoms with E-state index in [2.05, 4.69) is 87.1 Å². The molecule has 9 heterocycles. The smallest absolute Gasteiger partial charge is 0.321 e. The van der Waals surface area contributed by atoms with E-state index in [1.54, 1.807) is 75.6 Å². The molecule has 13 rings (SSSR count). The van der Waals surface area contributed by atoms with Gasteiger partial charge in [-0.3, -0.25) is 30.5 Å². The van der Waals surface area contributed by atoms with Gasteiger partial charge < -0.3 is 49.3 Å². The van der Waals surface area contributed by atoms with Gasteiger partial charge in [-0.25, -0.2) is 38.7 Å². The first-order chi connectivity index (χ1) is 43.3. The van der Waals surface area contributed by atoms with Gasteiger partial charge in [0.05, 0.1) is 40.1 Å². The van der Waals surface area contributed by atoms with Crippen LogP contribution in [0.5, 0.6) is 0 Å². The summed E-state index contributed by atoms with van der Waals surface area (Å²) in [5, 5.41) is 28.6. The van der Waals surface area contributed by atoms with E-state index in [0.29, 0.717) is 95.9 Å². The number of amides is 6. The molecule has 0 unspecified atom stereocenters. The highest BCUT2D eigenvalue weighted by Crippen LogP contribution is 2.35. The minimum Gasteiger partial charge on any atom is -0.383 e. The molecule has 0 spiro atoms. The van der Waals surface area contributed by atoms with Gasteiger partial charge in [0.15, 0.2) is 5.82 Å². The molecule has 0 radical (unpaired) electrons. The number of methoxy groups -OCH3 is 1. The first-order valence-corrected chi connectivity index (χ1v) is 28.7. The summed E-state index contributed by atoms with van der Waals surface area (Å²) >= 11 is 0. The molecule has 12 aromatic rings. The van der Waals surface area contributed by atoms with Crippen molar-refractivity contribution < 1.29 is 23.6 Å². The molecule has 454 valence electrons. The van der Waals surface area contributed by atoms with Crippen LogP contribution >= 0.6 is 0 Å². The Hall–Kier alpha value is -11.6. The van der Waals surface area contributed by atoms with Crippen molar-refractivity contribution in [2.24, 2.45) is 5.92 Å². The summed E-state index contributed by atoms with van der Waals surface area (Å²) in [7, 11) is 1.60. The van der Waals surface area contributed by atoms with E-state index in [-0.39, 0.29) is 29.2 Å². The highest BCUT2D eigenvalue weighted by molar-refractivity contribution is 5.98. The van der Waals surface area contributed by atoms with E-state index in [1.807, 2.05) is 112 Å². The third-order valence-corrected chi connectivity index (χ3v) is 14.0. The van der Waals surface area contributed by atoms with Gasteiger partial charge in [0.2, 0.25) is 17.8 Å². The zero-order chi connectivity index (χ0) is 62.0. The lowest BCUT2D eigenvalue weighted by molar-refractivity contribution is 0.186. The van der Waals surface area contributed by atoms with Crippen LogP contribution in [0.3, 0.4) is 0 Å². The van der Waals surface area contributed by atoms with Crippen molar-refractivity contribution in [3.63, 3.8) is 0 Å². The Morgan fingerprint density at radius 3 is 1.53 bits per heavy atom. The lowest BCUT2D eigenvalue weighted by Gasteiger charge is -2.09. The molecule has 9 aromatic heterocycles. The summed E-state index contributed by atoms with van der Waals surface area (Å²) < 4.78 is 17.2. The van der Waals surface area contributed by atoms with Crippen LogP contribution in [0.15, 0.2) is 149 Å². The number of nitrogens with one attached hydrogen (secondary N) is 9. The summed E-state index contributed by atoms with van der Waals surface area (Å²) in [4.78, 5) is 92.1. The quantitative estimate of drug-likeness (QED) is 0.0412. The number of pyridine rings is 3. The number of imidazole rings is 3. The number of ether oxygens (including phenoxy) is 1. The topological polar surface area (TPSA) is 350 Å². The van der Waals surface area contributed by atoms with Crippen molar-refractivity contribution >= 4 is 69.0 Å². The summed E-state index contributed by atoms with van der Waals surface area (Å²) in [6.45, 7) is 10.5. The molecule has 1 fully saturated rings. The zero-order valence-corrected chi connectivity index (χ0v) is 49.2. The third kappa shape index (κ3) is 14.1. The molecule has 6 amide bonds. The van der Waals surface area contributed by atoms with Crippen LogP contribution < -0.4 is 43.0 Å². The van der Waals surface area contributed by atoms with Crippen LogP contribution in [0, 0.1) is 12.8 Å². The molecule has 1 aliphatic carbocycles. The van der Waals surface area contributed by atoms with Gasteiger partial charge in [-0.1, -0.05) is 11.2 Å². The maximum atomic E-state index is 12.6. The van der Waals surface area contributed by atoms with E-state index >= 15 is 0 Å². The maximum Gasteiger partial charge on any atom is 0.321 e. The minimum absolute atomic E-state index is 0.00617. The van der Waals surface area contributed by atoms with Crippen molar-refractivity contribution in [1.29, 1.82) is 0 Å². The minimum atomic E-state index is -0.345. The number of hydrogen-bond acceptors (Lipinski definition) is 15. The second-order valence-corrected chi connectivity index (χ2v) is 20.5. The lowest BCUT2D eigenvalue weighted by atomic mass is 10.0. The second kappa shape index (κ2) is 26.8. The largest absolute Gasteiger partial charge is 0.383 e. The number of aryl methyl sites for hydroxylation is 1. The van der Waals surface area contributed by atoms with Crippen LogP contribution in [0.2, 0.25) is 0 Å². The average molecular weight is 1200 g/mol. The number of rotatable bonds is 17. The Kier molecular flexibility index (Phi) is 17.8. The number of nitrogens with zero attached hydrogens (tertiary/aromatic N) is 12. The third-order valence-electron chi connectivity index (χ3n) is 14.0. The van der Waals surface area contributed by atoms with Crippen LogP contribution in [0.25, 0.3) is 89.3 Å². The highest BCUT2D eigenvalue weighted by Gasteiger charge is 2.23. The SMILES string of the molecule is CCNC(=O)Nc1nc2c(-c3nc(C)no3)cc(-c3cccnc3)cc2[nH]1.CCNC(=O)Nc1nc2c(-n3cccn3)cc(-c3ccn(CC4CC4)c(=O)c3)cc2[nH]1.CCNC(=O)Nc1nc2c(-n3cccn3)cc(-c3ccn(CCOC)c(=O)c3)cc2[nH]1. The van der Waals surface area contributed by atoms with Crippen molar-refractivity contribution in [2.75, 3.05) is 49.3 Å². The molecule has 0 bridgehead atoms. The molecular formula is C61H63N21O7. The number of anilines is 3. The Morgan fingerprint density at radius 1 is 0.584 bits per heavy atom. The zero-order valence-electron chi connectivity index (χ0n) is 49.2. The standard InChI is InChI=1S/C22H23N7O2.C21H23N7O3.C18H17N7O2/c1-2-23-22(31)27-21-25-17-10-16(11-18(20(17)26-21)29-8-3-7-24-29)15-6-9-28(19(30)12-15)13-14-4-5-14;1-3-22-21(30)26-20-24-16-11-15(12-17(19(16)25-20)28-7-4-6-23-28)14-5-8-27(9-10-31-2)18(29)13-14;1-3-20-18(26)24-17-22-14-8-12(11-5-4-6-19-9-11)7-13(15(14)23-17)16-21-10(2)25-27-16/h3,6-12,14H,2,4-5,13H2,1H3,(H3,23,25,26,27,31);4-8,11-13H,3,9-10H2,1-2H3,(H3,22,24,25,26,30);4-9H,3H2,1-2H3,(H3,20,22,23,24,26). The predicted molar refractivity (Wildman–Crippen MR) is 336 cm³/mol. The van der Waals surface area contributed by atoms with Crippen LogP contribution in [-0.2, 0) is 17.8 Å².